The summed E-state index contributed by atoms with van der Waals surface area (Å²) in [5.41, 5.74) is 0.720. The Morgan fingerprint density at radius 2 is 1.66 bits per heavy atom. The average Bonchev–Trinajstić information content (AvgIpc) is 2.81. The van der Waals surface area contributed by atoms with Gasteiger partial charge in [-0.05, 0) is 56.2 Å². The fraction of sp³-hybridized carbons (Fsp3) is 0.417. The molecule has 0 saturated heterocycles. The lowest BCUT2D eigenvalue weighted by Gasteiger charge is -2.33. The number of nitrogens with zero attached hydrogens (tertiary/aromatic N) is 3. The Balaban J connectivity index is 2.46. The van der Waals surface area contributed by atoms with E-state index in [1.54, 1.807) is 31.2 Å². The standard InChI is InChI=1S/C24H32ClFN4O4S/c1-6-17(2)27-24(32)18(3)29(15-19-9-7-8-10-22(19)25)23(31)16-30(35(33,34)28(4)5)21-13-11-20(26)12-14-21/h7-14,17-18H,6,15-16H2,1-5H3,(H,27,32)/t17-,18-/m0/s1. The first-order chi connectivity index (χ1) is 16.4. The first kappa shape index (κ1) is 28.5. The molecule has 11 heteroatoms. The number of amides is 2. The number of halogens is 2. The van der Waals surface area contributed by atoms with Crippen LogP contribution in [0.2, 0.25) is 5.02 Å². The van der Waals surface area contributed by atoms with Crippen LogP contribution in [0.1, 0.15) is 32.8 Å². The summed E-state index contributed by atoms with van der Waals surface area (Å²) in [5.74, 6) is -1.53. The minimum Gasteiger partial charge on any atom is -0.352 e. The van der Waals surface area contributed by atoms with Crippen LogP contribution in [0.25, 0.3) is 0 Å². The average molecular weight is 527 g/mol. The van der Waals surface area contributed by atoms with E-state index in [0.717, 1.165) is 20.7 Å². The molecular weight excluding hydrogens is 495 g/mol. The van der Waals surface area contributed by atoms with Crippen molar-refractivity contribution in [1.82, 2.24) is 14.5 Å². The van der Waals surface area contributed by atoms with Crippen molar-refractivity contribution < 1.29 is 22.4 Å². The molecule has 2 amide bonds. The molecule has 192 valence electrons. The SMILES string of the molecule is CC[C@H](C)NC(=O)[C@H](C)N(Cc1ccccc1Cl)C(=O)CN(c1ccc(F)cc1)S(=O)(=O)N(C)C. The zero-order chi connectivity index (χ0) is 26.3. The third-order valence-corrected chi connectivity index (χ3v) is 7.79. The minimum atomic E-state index is -4.11. The van der Waals surface area contributed by atoms with Crippen LogP contribution in [0.15, 0.2) is 48.5 Å². The summed E-state index contributed by atoms with van der Waals surface area (Å²) >= 11 is 6.31. The van der Waals surface area contributed by atoms with Gasteiger partial charge in [-0.3, -0.25) is 9.59 Å². The van der Waals surface area contributed by atoms with Gasteiger partial charge in [-0.25, -0.2) is 8.70 Å². The number of rotatable bonds is 11. The highest BCUT2D eigenvalue weighted by atomic mass is 35.5. The summed E-state index contributed by atoms with van der Waals surface area (Å²) in [4.78, 5) is 27.8. The van der Waals surface area contributed by atoms with Gasteiger partial charge < -0.3 is 10.2 Å². The molecule has 1 N–H and O–H groups in total. The summed E-state index contributed by atoms with van der Waals surface area (Å²) in [6.45, 7) is 4.75. The van der Waals surface area contributed by atoms with E-state index >= 15 is 0 Å². The molecule has 0 fully saturated rings. The van der Waals surface area contributed by atoms with Gasteiger partial charge in [0.05, 0.1) is 5.69 Å². The van der Waals surface area contributed by atoms with Crippen LogP contribution in [0.3, 0.4) is 0 Å². The lowest BCUT2D eigenvalue weighted by Crippen LogP contribution is -2.53. The van der Waals surface area contributed by atoms with Gasteiger partial charge in [-0.15, -0.1) is 0 Å². The number of hydrogen-bond donors (Lipinski definition) is 1. The van der Waals surface area contributed by atoms with Crippen molar-refractivity contribution in [3.05, 3.63) is 64.9 Å². The summed E-state index contributed by atoms with van der Waals surface area (Å²) in [6, 6.07) is 10.7. The zero-order valence-electron chi connectivity index (χ0n) is 20.5. The predicted molar refractivity (Wildman–Crippen MR) is 136 cm³/mol. The van der Waals surface area contributed by atoms with Gasteiger partial charge >= 0.3 is 10.2 Å². The number of hydrogen-bond acceptors (Lipinski definition) is 4. The Bertz CT molecular complexity index is 1130. The van der Waals surface area contributed by atoms with E-state index in [0.29, 0.717) is 17.0 Å². The number of carbonyl (C=O) groups is 2. The van der Waals surface area contributed by atoms with Crippen molar-refractivity contribution in [3.8, 4) is 0 Å². The van der Waals surface area contributed by atoms with Crippen molar-refractivity contribution in [1.29, 1.82) is 0 Å². The van der Waals surface area contributed by atoms with Crippen molar-refractivity contribution in [2.45, 2.75) is 45.8 Å². The van der Waals surface area contributed by atoms with Gasteiger partial charge in [0, 0.05) is 31.7 Å². The van der Waals surface area contributed by atoms with Gasteiger partial charge in [0.25, 0.3) is 0 Å². The van der Waals surface area contributed by atoms with E-state index in [-0.39, 0.29) is 24.2 Å². The maximum absolute atomic E-state index is 13.6. The molecule has 2 aromatic rings. The molecule has 2 atom stereocenters. The maximum atomic E-state index is 13.6. The van der Waals surface area contributed by atoms with Crippen LogP contribution in [-0.4, -0.2) is 62.2 Å². The fourth-order valence-corrected chi connectivity index (χ4v) is 4.43. The highest BCUT2D eigenvalue weighted by Crippen LogP contribution is 2.23. The molecule has 0 radical (unpaired) electrons. The molecule has 0 aromatic heterocycles. The second-order valence-corrected chi connectivity index (χ2v) is 10.9. The lowest BCUT2D eigenvalue weighted by molar-refractivity contribution is -0.139. The highest BCUT2D eigenvalue weighted by Gasteiger charge is 2.33. The van der Waals surface area contributed by atoms with E-state index in [1.807, 2.05) is 13.8 Å². The maximum Gasteiger partial charge on any atom is 0.304 e. The predicted octanol–water partition coefficient (Wildman–Crippen LogP) is 3.42. The first-order valence-corrected chi connectivity index (χ1v) is 12.9. The molecule has 0 heterocycles. The third kappa shape index (κ3) is 7.39. The molecule has 0 unspecified atom stereocenters. The Hall–Kier alpha value is -2.69. The summed E-state index contributed by atoms with van der Waals surface area (Å²) in [5, 5.41) is 3.27. The molecule has 0 spiro atoms. The van der Waals surface area contributed by atoms with Crippen molar-refractivity contribution >= 4 is 39.3 Å². The fourth-order valence-electron chi connectivity index (χ4n) is 3.18. The smallest absolute Gasteiger partial charge is 0.304 e. The number of nitrogens with one attached hydrogen (secondary N) is 1. The second kappa shape index (κ2) is 12.3. The largest absolute Gasteiger partial charge is 0.352 e. The van der Waals surface area contributed by atoms with Crippen molar-refractivity contribution in [3.63, 3.8) is 0 Å². The molecule has 0 aliphatic heterocycles. The van der Waals surface area contributed by atoms with E-state index < -0.39 is 34.5 Å². The molecular formula is C24H32ClFN4O4S. The van der Waals surface area contributed by atoms with E-state index in [2.05, 4.69) is 5.32 Å². The van der Waals surface area contributed by atoms with Crippen LogP contribution in [-0.2, 0) is 26.3 Å². The number of carbonyl (C=O) groups excluding carboxylic acids is 2. The summed E-state index contributed by atoms with van der Waals surface area (Å²) in [7, 11) is -1.45. The van der Waals surface area contributed by atoms with Crippen LogP contribution in [0.4, 0.5) is 10.1 Å². The van der Waals surface area contributed by atoms with E-state index in [9.17, 15) is 22.4 Å². The van der Waals surface area contributed by atoms with Crippen LogP contribution < -0.4 is 9.62 Å². The number of benzene rings is 2. The topological polar surface area (TPSA) is 90.0 Å². The molecule has 0 bridgehead atoms. The van der Waals surface area contributed by atoms with E-state index in [4.69, 9.17) is 11.6 Å². The first-order valence-electron chi connectivity index (χ1n) is 11.2. The van der Waals surface area contributed by atoms with Crippen LogP contribution in [0, 0.1) is 5.82 Å². The molecule has 2 rings (SSSR count). The Morgan fingerprint density at radius 3 is 2.20 bits per heavy atom. The number of anilines is 1. The molecule has 0 saturated carbocycles. The van der Waals surface area contributed by atoms with E-state index in [1.165, 1.54) is 31.1 Å². The Labute approximate surface area is 211 Å². The summed E-state index contributed by atoms with van der Waals surface area (Å²) in [6.07, 6.45) is 0.705. The molecule has 0 aliphatic rings. The minimum absolute atomic E-state index is 0.00707. The van der Waals surface area contributed by atoms with Gasteiger partial charge in [0.1, 0.15) is 18.4 Å². The summed E-state index contributed by atoms with van der Waals surface area (Å²) < 4.78 is 41.5. The highest BCUT2D eigenvalue weighted by molar-refractivity contribution is 7.90. The lowest BCUT2D eigenvalue weighted by atomic mass is 10.1. The molecule has 35 heavy (non-hydrogen) atoms. The van der Waals surface area contributed by atoms with Crippen LogP contribution >= 0.6 is 11.6 Å². The van der Waals surface area contributed by atoms with Crippen LogP contribution in [0.5, 0.6) is 0 Å². The Morgan fingerprint density at radius 1 is 1.06 bits per heavy atom. The van der Waals surface area contributed by atoms with Gasteiger partial charge in [0.2, 0.25) is 11.8 Å². The normalized spacial score (nSPS) is 13.3. The van der Waals surface area contributed by atoms with Gasteiger partial charge in [-0.1, -0.05) is 36.7 Å². The zero-order valence-corrected chi connectivity index (χ0v) is 22.1. The molecule has 2 aromatic carbocycles. The third-order valence-electron chi connectivity index (χ3n) is 5.60. The van der Waals surface area contributed by atoms with Crippen molar-refractivity contribution in [2.24, 2.45) is 0 Å². The quantitative estimate of drug-likeness (QED) is 0.486. The Kier molecular flexibility index (Phi) is 10.1. The monoisotopic (exact) mass is 526 g/mol. The van der Waals surface area contributed by atoms with Gasteiger partial charge in [-0.2, -0.15) is 12.7 Å². The van der Waals surface area contributed by atoms with Crippen molar-refractivity contribution in [2.75, 3.05) is 24.9 Å². The molecule has 8 nitrogen and oxygen atoms in total. The van der Waals surface area contributed by atoms with Gasteiger partial charge in [0.15, 0.2) is 0 Å². The molecule has 0 aliphatic carbocycles. The second-order valence-electron chi connectivity index (χ2n) is 8.38.